The van der Waals surface area contributed by atoms with Gasteiger partial charge in [0.05, 0.1) is 6.10 Å². The fraction of sp³-hybridized carbons (Fsp3) is 0.818. The van der Waals surface area contributed by atoms with E-state index >= 15 is 0 Å². The maximum Gasteiger partial charge on any atom is 0.186 e. The Morgan fingerprint density at radius 1 is 1.71 bits per heavy atom. The molecule has 0 saturated carbocycles. The van der Waals surface area contributed by atoms with Crippen LogP contribution in [-0.2, 0) is 11.8 Å². The highest BCUT2D eigenvalue weighted by molar-refractivity contribution is 7.99. The Morgan fingerprint density at radius 3 is 3.24 bits per heavy atom. The summed E-state index contributed by atoms with van der Waals surface area (Å²) in [6.07, 6.45) is 4.41. The van der Waals surface area contributed by atoms with Gasteiger partial charge in [-0.1, -0.05) is 18.7 Å². The number of nitrogens with one attached hydrogen (secondary N) is 1. The zero-order valence-corrected chi connectivity index (χ0v) is 11.2. The van der Waals surface area contributed by atoms with Crippen molar-refractivity contribution in [1.82, 2.24) is 20.1 Å². The van der Waals surface area contributed by atoms with Gasteiger partial charge >= 0.3 is 0 Å². The van der Waals surface area contributed by atoms with Gasteiger partial charge in [0.25, 0.3) is 0 Å². The number of thioether (sulfide) groups is 1. The Morgan fingerprint density at radius 2 is 2.59 bits per heavy atom. The summed E-state index contributed by atoms with van der Waals surface area (Å²) in [4.78, 5) is 4.20. The molecule has 6 heteroatoms. The third kappa shape index (κ3) is 3.97. The van der Waals surface area contributed by atoms with Crippen LogP contribution in [0, 0.1) is 0 Å². The van der Waals surface area contributed by atoms with Crippen molar-refractivity contribution >= 4 is 11.8 Å². The van der Waals surface area contributed by atoms with Gasteiger partial charge in [0.2, 0.25) is 0 Å². The SMILES string of the molecule is CC(CNCC1CCCO1)Sc1ncnn1C. The van der Waals surface area contributed by atoms with E-state index < -0.39 is 0 Å². The summed E-state index contributed by atoms with van der Waals surface area (Å²) in [6, 6.07) is 0. The number of aryl methyl sites for hydroxylation is 1. The van der Waals surface area contributed by atoms with E-state index in [1.54, 1.807) is 22.8 Å². The number of nitrogens with zero attached hydrogens (tertiary/aromatic N) is 3. The van der Waals surface area contributed by atoms with E-state index in [2.05, 4.69) is 22.3 Å². The summed E-state index contributed by atoms with van der Waals surface area (Å²) in [5.74, 6) is 0. The second kappa shape index (κ2) is 6.37. The molecule has 2 atom stereocenters. The molecule has 2 rings (SSSR count). The van der Waals surface area contributed by atoms with Crippen LogP contribution in [0.15, 0.2) is 11.5 Å². The number of hydrogen-bond acceptors (Lipinski definition) is 5. The lowest BCUT2D eigenvalue weighted by molar-refractivity contribution is 0.110. The van der Waals surface area contributed by atoms with Crippen LogP contribution >= 0.6 is 11.8 Å². The largest absolute Gasteiger partial charge is 0.377 e. The van der Waals surface area contributed by atoms with Gasteiger partial charge in [0.15, 0.2) is 5.16 Å². The van der Waals surface area contributed by atoms with Crippen molar-refractivity contribution in [1.29, 1.82) is 0 Å². The van der Waals surface area contributed by atoms with Gasteiger partial charge in [0, 0.05) is 32.0 Å². The average molecular weight is 256 g/mol. The molecule has 1 aliphatic heterocycles. The molecule has 2 heterocycles. The molecule has 1 aliphatic rings. The quantitative estimate of drug-likeness (QED) is 0.771. The fourth-order valence-corrected chi connectivity index (χ4v) is 2.74. The molecule has 1 saturated heterocycles. The first-order valence-corrected chi connectivity index (χ1v) is 6.96. The maximum absolute atomic E-state index is 5.56. The van der Waals surface area contributed by atoms with Crippen molar-refractivity contribution < 1.29 is 4.74 Å². The van der Waals surface area contributed by atoms with E-state index in [1.165, 1.54) is 12.8 Å². The van der Waals surface area contributed by atoms with E-state index in [0.29, 0.717) is 11.4 Å². The molecule has 96 valence electrons. The number of ether oxygens (including phenoxy) is 1. The van der Waals surface area contributed by atoms with E-state index in [1.807, 2.05) is 7.05 Å². The van der Waals surface area contributed by atoms with Crippen molar-refractivity contribution in [3.63, 3.8) is 0 Å². The predicted octanol–water partition coefficient (Wildman–Crippen LogP) is 1.06. The smallest absolute Gasteiger partial charge is 0.186 e. The van der Waals surface area contributed by atoms with Gasteiger partial charge < -0.3 is 10.1 Å². The van der Waals surface area contributed by atoms with E-state index in [0.717, 1.165) is 24.9 Å². The maximum atomic E-state index is 5.56. The molecular formula is C11H20N4OS. The van der Waals surface area contributed by atoms with Crippen molar-refractivity contribution in [2.24, 2.45) is 7.05 Å². The summed E-state index contributed by atoms with van der Waals surface area (Å²) >= 11 is 1.75. The summed E-state index contributed by atoms with van der Waals surface area (Å²) in [5.41, 5.74) is 0. The van der Waals surface area contributed by atoms with Crippen LogP contribution < -0.4 is 5.32 Å². The van der Waals surface area contributed by atoms with E-state index in [9.17, 15) is 0 Å². The van der Waals surface area contributed by atoms with Gasteiger partial charge in [-0.3, -0.25) is 0 Å². The van der Waals surface area contributed by atoms with Crippen LogP contribution in [0.5, 0.6) is 0 Å². The van der Waals surface area contributed by atoms with Crippen molar-refractivity contribution in [2.75, 3.05) is 19.7 Å². The first-order valence-electron chi connectivity index (χ1n) is 6.08. The Balaban J connectivity index is 1.63. The minimum Gasteiger partial charge on any atom is -0.377 e. The Bertz CT molecular complexity index is 338. The molecule has 2 unspecified atom stereocenters. The summed E-state index contributed by atoms with van der Waals surface area (Å²) in [7, 11) is 1.92. The van der Waals surface area contributed by atoms with Gasteiger partial charge in [0.1, 0.15) is 6.33 Å². The topological polar surface area (TPSA) is 52.0 Å². The van der Waals surface area contributed by atoms with E-state index in [4.69, 9.17) is 4.74 Å². The van der Waals surface area contributed by atoms with Gasteiger partial charge in [-0.25, -0.2) is 9.67 Å². The third-order valence-electron chi connectivity index (χ3n) is 2.80. The Labute approximate surface area is 106 Å². The average Bonchev–Trinajstić information content (AvgIpc) is 2.92. The first kappa shape index (κ1) is 12.9. The third-order valence-corrected chi connectivity index (χ3v) is 3.95. The normalized spacial score (nSPS) is 21.9. The lowest BCUT2D eigenvalue weighted by atomic mass is 10.2. The molecule has 0 radical (unpaired) electrons. The predicted molar refractivity (Wildman–Crippen MR) is 68.2 cm³/mol. The molecular weight excluding hydrogens is 236 g/mol. The number of hydrogen-bond donors (Lipinski definition) is 1. The molecule has 5 nitrogen and oxygen atoms in total. The van der Waals surface area contributed by atoms with Gasteiger partial charge in [-0.2, -0.15) is 5.10 Å². The van der Waals surface area contributed by atoms with Crippen LogP contribution in [0.2, 0.25) is 0 Å². The van der Waals surface area contributed by atoms with Crippen molar-refractivity contribution in [2.45, 2.75) is 36.3 Å². The second-order valence-corrected chi connectivity index (χ2v) is 5.79. The minimum atomic E-state index is 0.419. The van der Waals surface area contributed by atoms with Crippen LogP contribution in [0.3, 0.4) is 0 Å². The van der Waals surface area contributed by atoms with Gasteiger partial charge in [-0.05, 0) is 12.8 Å². The van der Waals surface area contributed by atoms with Crippen molar-refractivity contribution in [3.05, 3.63) is 6.33 Å². The Kier molecular flexibility index (Phi) is 4.82. The van der Waals surface area contributed by atoms with Crippen LogP contribution in [0.1, 0.15) is 19.8 Å². The second-order valence-electron chi connectivity index (χ2n) is 4.39. The molecule has 0 spiro atoms. The van der Waals surface area contributed by atoms with Crippen LogP contribution in [0.25, 0.3) is 0 Å². The Hall–Kier alpha value is -0.590. The lowest BCUT2D eigenvalue weighted by Gasteiger charge is -2.14. The molecule has 1 N–H and O–H groups in total. The standard InChI is InChI=1S/C11H20N4OS/c1-9(17-11-13-8-14-15(11)2)6-12-7-10-4-3-5-16-10/h8-10,12H,3-7H2,1-2H3. The molecule has 0 bridgehead atoms. The van der Waals surface area contributed by atoms with E-state index in [-0.39, 0.29) is 0 Å². The molecule has 0 aromatic carbocycles. The highest BCUT2D eigenvalue weighted by atomic mass is 32.2. The zero-order chi connectivity index (χ0) is 12.1. The molecule has 0 amide bonds. The zero-order valence-electron chi connectivity index (χ0n) is 10.4. The van der Waals surface area contributed by atoms with Crippen molar-refractivity contribution in [3.8, 4) is 0 Å². The molecule has 1 aromatic heterocycles. The monoisotopic (exact) mass is 256 g/mol. The molecule has 17 heavy (non-hydrogen) atoms. The minimum absolute atomic E-state index is 0.419. The van der Waals surface area contributed by atoms with Crippen LogP contribution in [0.4, 0.5) is 0 Å². The highest BCUT2D eigenvalue weighted by Crippen LogP contribution is 2.19. The molecule has 1 fully saturated rings. The highest BCUT2D eigenvalue weighted by Gasteiger charge is 2.15. The summed E-state index contributed by atoms with van der Waals surface area (Å²) < 4.78 is 7.37. The first-order chi connectivity index (χ1) is 8.25. The lowest BCUT2D eigenvalue weighted by Crippen LogP contribution is -2.30. The van der Waals surface area contributed by atoms with Crippen LogP contribution in [-0.4, -0.2) is 45.8 Å². The number of rotatable bonds is 6. The molecule has 1 aromatic rings. The molecule has 0 aliphatic carbocycles. The van der Waals surface area contributed by atoms with Gasteiger partial charge in [-0.15, -0.1) is 0 Å². The fourth-order valence-electron chi connectivity index (χ4n) is 1.87. The summed E-state index contributed by atoms with van der Waals surface area (Å²) in [5, 5.41) is 8.97. The number of aromatic nitrogens is 3. The summed E-state index contributed by atoms with van der Waals surface area (Å²) in [6.45, 7) is 5.05.